The third-order valence-corrected chi connectivity index (χ3v) is 2.87. The summed E-state index contributed by atoms with van der Waals surface area (Å²) in [6.45, 7) is 3.89. The van der Waals surface area contributed by atoms with Crippen molar-refractivity contribution in [1.82, 2.24) is 19.6 Å². The van der Waals surface area contributed by atoms with E-state index < -0.39 is 0 Å². The molecule has 0 bridgehead atoms. The average molecular weight is 233 g/mol. The summed E-state index contributed by atoms with van der Waals surface area (Å²) >= 11 is 6.09. The molecule has 0 saturated heterocycles. The topological polar surface area (TPSA) is 43.1 Å². The molecule has 0 aliphatic heterocycles. The number of benzene rings is 1. The summed E-state index contributed by atoms with van der Waals surface area (Å²) in [6, 6.07) is 5.99. The molecule has 0 aliphatic carbocycles. The van der Waals surface area contributed by atoms with Crippen LogP contribution in [0.4, 0.5) is 0 Å². The molecule has 0 aliphatic rings. The Morgan fingerprint density at radius 2 is 2.00 bits per heavy atom. The Morgan fingerprint density at radius 1 is 1.19 bits per heavy atom. The number of rotatable bonds is 0. The van der Waals surface area contributed by atoms with Crippen LogP contribution in [-0.2, 0) is 0 Å². The van der Waals surface area contributed by atoms with Gasteiger partial charge in [0.2, 0.25) is 5.28 Å². The van der Waals surface area contributed by atoms with Crippen molar-refractivity contribution in [3.05, 3.63) is 34.9 Å². The zero-order chi connectivity index (χ0) is 11.3. The number of nitrogens with zero attached hydrogens (tertiary/aromatic N) is 4. The molecule has 16 heavy (non-hydrogen) atoms. The SMILES string of the molecule is Cc1ccc2nc(Cl)n3c(C)nnc3c2c1. The highest BCUT2D eigenvalue weighted by atomic mass is 35.5. The summed E-state index contributed by atoms with van der Waals surface area (Å²) in [7, 11) is 0. The van der Waals surface area contributed by atoms with Gasteiger partial charge in [-0.1, -0.05) is 11.6 Å². The van der Waals surface area contributed by atoms with Crippen molar-refractivity contribution in [2.45, 2.75) is 13.8 Å². The largest absolute Gasteiger partial charge is 0.253 e. The van der Waals surface area contributed by atoms with Gasteiger partial charge in [-0.05, 0) is 37.6 Å². The Labute approximate surface area is 96.9 Å². The van der Waals surface area contributed by atoms with E-state index in [4.69, 9.17) is 11.6 Å². The van der Waals surface area contributed by atoms with E-state index in [-0.39, 0.29) is 0 Å². The summed E-state index contributed by atoms with van der Waals surface area (Å²) in [5.41, 5.74) is 2.77. The number of fused-ring (bicyclic) bond motifs is 3. The van der Waals surface area contributed by atoms with E-state index in [2.05, 4.69) is 15.2 Å². The van der Waals surface area contributed by atoms with E-state index in [1.165, 1.54) is 5.56 Å². The fourth-order valence-corrected chi connectivity index (χ4v) is 2.13. The van der Waals surface area contributed by atoms with Crippen LogP contribution in [0.1, 0.15) is 11.4 Å². The smallest absolute Gasteiger partial charge is 0.210 e. The van der Waals surface area contributed by atoms with Gasteiger partial charge in [0, 0.05) is 5.39 Å². The van der Waals surface area contributed by atoms with Gasteiger partial charge in [-0.25, -0.2) is 4.98 Å². The van der Waals surface area contributed by atoms with Crippen molar-refractivity contribution in [2.75, 3.05) is 0 Å². The van der Waals surface area contributed by atoms with Crippen LogP contribution in [0, 0.1) is 13.8 Å². The van der Waals surface area contributed by atoms with Gasteiger partial charge in [0.25, 0.3) is 0 Å². The highest BCUT2D eigenvalue weighted by Gasteiger charge is 2.10. The Balaban J connectivity index is 2.61. The molecule has 0 N–H and O–H groups in total. The standard InChI is InChI=1S/C11H9ClN4/c1-6-3-4-9-8(5-6)10-15-14-7(2)16(10)11(12)13-9/h3-5H,1-2H3. The monoisotopic (exact) mass is 232 g/mol. The van der Waals surface area contributed by atoms with Crippen molar-refractivity contribution in [1.29, 1.82) is 0 Å². The van der Waals surface area contributed by atoms with Crippen molar-refractivity contribution >= 4 is 28.2 Å². The Bertz CT molecular complexity index is 702. The first-order chi connectivity index (χ1) is 7.66. The Kier molecular flexibility index (Phi) is 1.88. The molecule has 2 heterocycles. The lowest BCUT2D eigenvalue weighted by atomic mass is 10.2. The molecule has 3 rings (SSSR count). The summed E-state index contributed by atoms with van der Waals surface area (Å²) in [5, 5.41) is 9.54. The first-order valence-electron chi connectivity index (χ1n) is 4.94. The van der Waals surface area contributed by atoms with Gasteiger partial charge in [0.1, 0.15) is 5.82 Å². The molecule has 1 aromatic carbocycles. The second kappa shape index (κ2) is 3.15. The predicted octanol–water partition coefficient (Wildman–Crippen LogP) is 2.55. The average Bonchev–Trinajstić information content (AvgIpc) is 2.63. The summed E-state index contributed by atoms with van der Waals surface area (Å²) in [6.07, 6.45) is 0. The maximum absolute atomic E-state index is 6.09. The summed E-state index contributed by atoms with van der Waals surface area (Å²) in [5.74, 6) is 0.746. The van der Waals surface area contributed by atoms with Crippen LogP contribution in [0.15, 0.2) is 18.2 Å². The lowest BCUT2D eigenvalue weighted by Crippen LogP contribution is -1.95. The molecule has 0 unspecified atom stereocenters. The van der Waals surface area contributed by atoms with Gasteiger partial charge < -0.3 is 0 Å². The van der Waals surface area contributed by atoms with Crippen LogP contribution in [0.2, 0.25) is 5.28 Å². The number of hydrogen-bond donors (Lipinski definition) is 0. The molecular formula is C11H9ClN4. The molecule has 0 saturated carbocycles. The first-order valence-corrected chi connectivity index (χ1v) is 5.32. The fourth-order valence-electron chi connectivity index (χ4n) is 1.83. The van der Waals surface area contributed by atoms with Crippen LogP contribution in [-0.4, -0.2) is 19.6 Å². The van der Waals surface area contributed by atoms with Crippen molar-refractivity contribution in [2.24, 2.45) is 0 Å². The predicted molar refractivity (Wildman–Crippen MR) is 62.8 cm³/mol. The van der Waals surface area contributed by atoms with E-state index in [9.17, 15) is 0 Å². The van der Waals surface area contributed by atoms with Crippen LogP contribution in [0.5, 0.6) is 0 Å². The molecule has 0 spiro atoms. The zero-order valence-corrected chi connectivity index (χ0v) is 9.65. The van der Waals surface area contributed by atoms with Gasteiger partial charge in [-0.3, -0.25) is 4.40 Å². The number of aryl methyl sites for hydroxylation is 2. The fraction of sp³-hybridized carbons (Fsp3) is 0.182. The van der Waals surface area contributed by atoms with E-state index in [1.807, 2.05) is 32.0 Å². The summed E-state index contributed by atoms with van der Waals surface area (Å²) < 4.78 is 1.75. The minimum Gasteiger partial charge on any atom is -0.253 e. The minimum atomic E-state index is 0.397. The third-order valence-electron chi connectivity index (χ3n) is 2.62. The maximum Gasteiger partial charge on any atom is 0.210 e. The molecule has 4 nitrogen and oxygen atoms in total. The summed E-state index contributed by atoms with van der Waals surface area (Å²) in [4.78, 5) is 4.33. The third kappa shape index (κ3) is 1.20. The maximum atomic E-state index is 6.09. The van der Waals surface area contributed by atoms with Crippen LogP contribution in [0.25, 0.3) is 16.6 Å². The van der Waals surface area contributed by atoms with E-state index >= 15 is 0 Å². The molecular weight excluding hydrogens is 224 g/mol. The van der Waals surface area contributed by atoms with Crippen molar-refractivity contribution < 1.29 is 0 Å². The normalized spacial score (nSPS) is 11.4. The van der Waals surface area contributed by atoms with Gasteiger partial charge in [0.05, 0.1) is 5.52 Å². The molecule has 0 amide bonds. The van der Waals surface area contributed by atoms with Crippen LogP contribution in [0.3, 0.4) is 0 Å². The Hall–Kier alpha value is -1.68. The van der Waals surface area contributed by atoms with E-state index in [0.717, 1.165) is 22.4 Å². The molecule has 0 radical (unpaired) electrons. The highest BCUT2D eigenvalue weighted by molar-refractivity contribution is 6.29. The van der Waals surface area contributed by atoms with Gasteiger partial charge in [-0.2, -0.15) is 0 Å². The minimum absolute atomic E-state index is 0.397. The second-order valence-electron chi connectivity index (χ2n) is 3.81. The molecule has 80 valence electrons. The van der Waals surface area contributed by atoms with E-state index in [1.54, 1.807) is 4.40 Å². The van der Waals surface area contributed by atoms with Crippen molar-refractivity contribution in [3.63, 3.8) is 0 Å². The zero-order valence-electron chi connectivity index (χ0n) is 8.90. The Morgan fingerprint density at radius 3 is 2.81 bits per heavy atom. The molecule has 3 aromatic rings. The molecule has 2 aromatic heterocycles. The van der Waals surface area contributed by atoms with Gasteiger partial charge in [-0.15, -0.1) is 10.2 Å². The first kappa shape index (κ1) is 9.54. The molecule has 0 fully saturated rings. The molecule has 5 heteroatoms. The van der Waals surface area contributed by atoms with Gasteiger partial charge in [0.15, 0.2) is 5.65 Å². The second-order valence-corrected chi connectivity index (χ2v) is 4.15. The highest BCUT2D eigenvalue weighted by Crippen LogP contribution is 2.22. The quantitative estimate of drug-likeness (QED) is 0.560. The lowest BCUT2D eigenvalue weighted by molar-refractivity contribution is 0.990. The van der Waals surface area contributed by atoms with Crippen LogP contribution >= 0.6 is 11.6 Å². The van der Waals surface area contributed by atoms with Gasteiger partial charge >= 0.3 is 0 Å². The van der Waals surface area contributed by atoms with E-state index in [0.29, 0.717) is 5.28 Å². The van der Waals surface area contributed by atoms with Crippen molar-refractivity contribution in [3.8, 4) is 0 Å². The number of hydrogen-bond acceptors (Lipinski definition) is 3. The number of aromatic nitrogens is 4. The molecule has 0 atom stereocenters. The number of halogens is 1. The van der Waals surface area contributed by atoms with Crippen LogP contribution < -0.4 is 0 Å². The lowest BCUT2D eigenvalue weighted by Gasteiger charge is -2.03.